The minimum absolute atomic E-state index is 0.674. The third-order valence-corrected chi connectivity index (χ3v) is 5.10. The second-order valence-electron chi connectivity index (χ2n) is 6.63. The highest BCUT2D eigenvalue weighted by atomic mass is 35.5. The van der Waals surface area contributed by atoms with Gasteiger partial charge in [0.1, 0.15) is 23.3 Å². The van der Waals surface area contributed by atoms with Gasteiger partial charge < -0.3 is 14.7 Å². The first-order valence-electron chi connectivity index (χ1n) is 8.91. The van der Waals surface area contributed by atoms with Crippen molar-refractivity contribution in [2.24, 2.45) is 0 Å². The predicted octanol–water partition coefficient (Wildman–Crippen LogP) is 2.76. The van der Waals surface area contributed by atoms with Crippen LogP contribution in [0.2, 0.25) is 5.02 Å². The number of anilines is 3. The normalized spacial score (nSPS) is 18.1. The van der Waals surface area contributed by atoms with E-state index in [2.05, 4.69) is 35.7 Å². The van der Waals surface area contributed by atoms with E-state index in [0.29, 0.717) is 5.02 Å². The number of hydrogen-bond acceptors (Lipinski definition) is 6. The molecule has 2 aromatic rings. The molecule has 2 aromatic heterocycles. The van der Waals surface area contributed by atoms with Crippen molar-refractivity contribution in [3.8, 4) is 0 Å². The summed E-state index contributed by atoms with van der Waals surface area (Å²) in [7, 11) is 0. The number of pyridine rings is 1. The Hall–Kier alpha value is -2.08. The number of aryl methyl sites for hydroxylation is 1. The lowest BCUT2D eigenvalue weighted by Gasteiger charge is -2.36. The number of piperazine rings is 1. The van der Waals surface area contributed by atoms with Gasteiger partial charge in [-0.3, -0.25) is 0 Å². The van der Waals surface area contributed by atoms with Crippen LogP contribution in [-0.2, 0) is 0 Å². The maximum Gasteiger partial charge on any atom is 0.134 e. The van der Waals surface area contributed by atoms with E-state index in [1.807, 2.05) is 19.1 Å². The van der Waals surface area contributed by atoms with E-state index in [4.69, 9.17) is 11.6 Å². The minimum Gasteiger partial charge on any atom is -0.356 e. The smallest absolute Gasteiger partial charge is 0.134 e. The summed E-state index contributed by atoms with van der Waals surface area (Å²) in [5, 5.41) is 0.674. The quantitative estimate of drug-likeness (QED) is 0.840. The van der Waals surface area contributed by atoms with Crippen LogP contribution in [0.4, 0.5) is 17.5 Å². The fraction of sp³-hybridized carbons (Fsp3) is 0.500. The second-order valence-corrected chi connectivity index (χ2v) is 7.07. The maximum absolute atomic E-state index is 5.93. The van der Waals surface area contributed by atoms with Gasteiger partial charge in [-0.05, 0) is 31.9 Å². The molecule has 2 aliphatic heterocycles. The number of nitrogens with zero attached hydrogens (tertiary/aromatic N) is 6. The third-order valence-electron chi connectivity index (χ3n) is 4.88. The average molecular weight is 359 g/mol. The molecule has 25 heavy (non-hydrogen) atoms. The number of aromatic nitrogens is 3. The molecular formula is C18H23ClN6. The largest absolute Gasteiger partial charge is 0.356 e. The summed E-state index contributed by atoms with van der Waals surface area (Å²) >= 11 is 5.93. The topological polar surface area (TPSA) is 48.4 Å². The zero-order valence-electron chi connectivity index (χ0n) is 14.5. The monoisotopic (exact) mass is 358 g/mol. The molecule has 0 spiro atoms. The van der Waals surface area contributed by atoms with E-state index in [0.717, 1.165) is 62.5 Å². The zero-order valence-corrected chi connectivity index (χ0v) is 15.3. The van der Waals surface area contributed by atoms with Crippen LogP contribution in [-0.4, -0.2) is 54.2 Å². The van der Waals surface area contributed by atoms with Crippen LogP contribution in [0.1, 0.15) is 18.7 Å². The van der Waals surface area contributed by atoms with E-state index in [1.165, 1.54) is 12.8 Å². The molecule has 6 nitrogen and oxygen atoms in total. The van der Waals surface area contributed by atoms with Crippen LogP contribution in [0, 0.1) is 6.92 Å². The van der Waals surface area contributed by atoms with Crippen molar-refractivity contribution in [3.05, 3.63) is 35.2 Å². The van der Waals surface area contributed by atoms with Crippen molar-refractivity contribution in [1.29, 1.82) is 0 Å². The van der Waals surface area contributed by atoms with Gasteiger partial charge in [-0.1, -0.05) is 11.6 Å². The highest BCUT2D eigenvalue weighted by Gasteiger charge is 2.21. The molecule has 0 aliphatic carbocycles. The highest BCUT2D eigenvalue weighted by Crippen LogP contribution is 2.24. The van der Waals surface area contributed by atoms with E-state index >= 15 is 0 Å². The molecule has 0 atom stereocenters. The standard InChI is InChI=1S/C18H23ClN6/c1-14-21-17(23-6-2-3-7-23)12-18(22-14)25-10-8-24(9-11-25)16-5-4-15(19)13-20-16/h4-5,12-13H,2-3,6-11H2,1H3. The molecule has 132 valence electrons. The van der Waals surface area contributed by atoms with E-state index < -0.39 is 0 Å². The Balaban J connectivity index is 1.46. The lowest BCUT2D eigenvalue weighted by Crippen LogP contribution is -2.47. The minimum atomic E-state index is 0.674. The van der Waals surface area contributed by atoms with Crippen LogP contribution < -0.4 is 14.7 Å². The third kappa shape index (κ3) is 3.63. The first-order chi connectivity index (χ1) is 12.2. The number of hydrogen-bond donors (Lipinski definition) is 0. The van der Waals surface area contributed by atoms with Gasteiger partial charge in [-0.15, -0.1) is 0 Å². The molecule has 0 saturated carbocycles. The summed E-state index contributed by atoms with van der Waals surface area (Å²) in [6.45, 7) is 7.91. The summed E-state index contributed by atoms with van der Waals surface area (Å²) in [6, 6.07) is 6.03. The highest BCUT2D eigenvalue weighted by molar-refractivity contribution is 6.30. The Morgan fingerprint density at radius 2 is 1.36 bits per heavy atom. The predicted molar refractivity (Wildman–Crippen MR) is 102 cm³/mol. The fourth-order valence-electron chi connectivity index (χ4n) is 3.53. The first-order valence-corrected chi connectivity index (χ1v) is 9.29. The van der Waals surface area contributed by atoms with Gasteiger partial charge in [0, 0.05) is 51.5 Å². The molecule has 0 aromatic carbocycles. The van der Waals surface area contributed by atoms with Gasteiger partial charge in [-0.2, -0.15) is 0 Å². The first kappa shape index (κ1) is 16.4. The number of halogens is 1. The summed E-state index contributed by atoms with van der Waals surface area (Å²) in [5.41, 5.74) is 0. The summed E-state index contributed by atoms with van der Waals surface area (Å²) in [6.07, 6.45) is 4.22. The lowest BCUT2D eigenvalue weighted by atomic mass is 10.3. The van der Waals surface area contributed by atoms with Crippen LogP contribution in [0.5, 0.6) is 0 Å². The fourth-order valence-corrected chi connectivity index (χ4v) is 3.64. The summed E-state index contributed by atoms with van der Waals surface area (Å²) in [4.78, 5) is 20.7. The van der Waals surface area contributed by atoms with Crippen molar-refractivity contribution in [2.75, 3.05) is 54.0 Å². The Labute approximate surface area is 153 Å². The van der Waals surface area contributed by atoms with Crippen molar-refractivity contribution in [2.45, 2.75) is 19.8 Å². The Morgan fingerprint density at radius 3 is 1.92 bits per heavy atom. The molecule has 2 fully saturated rings. The Morgan fingerprint density at radius 1 is 0.800 bits per heavy atom. The van der Waals surface area contributed by atoms with Crippen LogP contribution in [0.25, 0.3) is 0 Å². The SMILES string of the molecule is Cc1nc(N2CCCC2)cc(N2CCN(c3ccc(Cl)cn3)CC2)n1. The summed E-state index contributed by atoms with van der Waals surface area (Å²) in [5.74, 6) is 3.95. The molecule has 0 N–H and O–H groups in total. The van der Waals surface area contributed by atoms with Crippen molar-refractivity contribution in [3.63, 3.8) is 0 Å². The van der Waals surface area contributed by atoms with Crippen LogP contribution in [0.3, 0.4) is 0 Å². The Kier molecular flexibility index (Phi) is 4.61. The van der Waals surface area contributed by atoms with Crippen LogP contribution in [0.15, 0.2) is 24.4 Å². The van der Waals surface area contributed by atoms with E-state index in [9.17, 15) is 0 Å². The van der Waals surface area contributed by atoms with Gasteiger partial charge in [0.15, 0.2) is 0 Å². The van der Waals surface area contributed by atoms with Gasteiger partial charge in [0.25, 0.3) is 0 Å². The van der Waals surface area contributed by atoms with Gasteiger partial charge in [0.2, 0.25) is 0 Å². The maximum atomic E-state index is 5.93. The molecule has 0 unspecified atom stereocenters. The second kappa shape index (κ2) is 7.04. The van der Waals surface area contributed by atoms with Gasteiger partial charge in [-0.25, -0.2) is 15.0 Å². The van der Waals surface area contributed by atoms with Crippen molar-refractivity contribution >= 4 is 29.1 Å². The molecule has 0 amide bonds. The molecule has 0 bridgehead atoms. The molecule has 7 heteroatoms. The van der Waals surface area contributed by atoms with Crippen LogP contribution >= 0.6 is 11.6 Å². The zero-order chi connectivity index (χ0) is 17.2. The number of rotatable bonds is 3. The molecule has 0 radical (unpaired) electrons. The van der Waals surface area contributed by atoms with Gasteiger partial charge in [0.05, 0.1) is 5.02 Å². The molecule has 4 heterocycles. The van der Waals surface area contributed by atoms with E-state index in [-0.39, 0.29) is 0 Å². The lowest BCUT2D eigenvalue weighted by molar-refractivity contribution is 0.640. The van der Waals surface area contributed by atoms with Crippen molar-refractivity contribution < 1.29 is 0 Å². The molecule has 2 aliphatic rings. The molecule has 2 saturated heterocycles. The van der Waals surface area contributed by atoms with E-state index in [1.54, 1.807) is 6.20 Å². The molecule has 4 rings (SSSR count). The average Bonchev–Trinajstić information content (AvgIpc) is 3.17. The van der Waals surface area contributed by atoms with Crippen molar-refractivity contribution in [1.82, 2.24) is 15.0 Å². The Bertz CT molecular complexity index is 721. The molecular weight excluding hydrogens is 336 g/mol. The summed E-state index contributed by atoms with van der Waals surface area (Å²) < 4.78 is 0. The van der Waals surface area contributed by atoms with Gasteiger partial charge >= 0.3 is 0 Å².